The van der Waals surface area contributed by atoms with Gasteiger partial charge in [0, 0.05) is 6.54 Å². The number of amidine groups is 1. The van der Waals surface area contributed by atoms with Gasteiger partial charge in [0.2, 0.25) is 5.91 Å². The molecule has 0 radical (unpaired) electrons. The van der Waals surface area contributed by atoms with E-state index in [2.05, 4.69) is 17.5 Å². The van der Waals surface area contributed by atoms with Gasteiger partial charge in [-0.05, 0) is 18.6 Å². The predicted molar refractivity (Wildman–Crippen MR) is 72.7 cm³/mol. The fourth-order valence-electron chi connectivity index (χ4n) is 1.58. The lowest BCUT2D eigenvalue weighted by atomic mass is 10.3. The Balaban J connectivity index is 1.97. The SMILES string of the molecule is CCCCN1C(=O)CS/C1=N/NC(=O)c1ccco1. The summed E-state index contributed by atoms with van der Waals surface area (Å²) in [5.41, 5.74) is 2.39. The van der Waals surface area contributed by atoms with Crippen molar-refractivity contribution in [3.05, 3.63) is 24.2 Å². The maximum absolute atomic E-state index is 11.7. The van der Waals surface area contributed by atoms with E-state index in [1.807, 2.05) is 0 Å². The number of hydrogen-bond acceptors (Lipinski definition) is 5. The van der Waals surface area contributed by atoms with Crippen LogP contribution in [0.4, 0.5) is 0 Å². The van der Waals surface area contributed by atoms with Gasteiger partial charge in [0.05, 0.1) is 12.0 Å². The number of nitrogens with zero attached hydrogens (tertiary/aromatic N) is 2. The zero-order chi connectivity index (χ0) is 13.7. The Kier molecular flexibility index (Phi) is 4.62. The molecule has 1 fully saturated rings. The molecule has 1 aromatic heterocycles. The summed E-state index contributed by atoms with van der Waals surface area (Å²) in [5.74, 6) is 0.176. The third kappa shape index (κ3) is 3.37. The van der Waals surface area contributed by atoms with Crippen molar-refractivity contribution < 1.29 is 14.0 Å². The zero-order valence-corrected chi connectivity index (χ0v) is 11.4. The molecule has 0 saturated carbocycles. The Hall–Kier alpha value is -1.76. The number of hydrogen-bond donors (Lipinski definition) is 1. The molecule has 0 aromatic carbocycles. The van der Waals surface area contributed by atoms with Crippen LogP contribution in [0.5, 0.6) is 0 Å². The van der Waals surface area contributed by atoms with Gasteiger partial charge in [-0.1, -0.05) is 25.1 Å². The second kappa shape index (κ2) is 6.42. The third-order valence-electron chi connectivity index (χ3n) is 2.59. The second-order valence-electron chi connectivity index (χ2n) is 4.00. The minimum absolute atomic E-state index is 0.0319. The summed E-state index contributed by atoms with van der Waals surface area (Å²) in [6.07, 6.45) is 3.33. The highest BCUT2D eigenvalue weighted by Gasteiger charge is 2.27. The number of hydrazone groups is 1. The fourth-order valence-corrected chi connectivity index (χ4v) is 2.45. The Morgan fingerprint density at radius 1 is 1.63 bits per heavy atom. The molecule has 102 valence electrons. The van der Waals surface area contributed by atoms with Crippen LogP contribution in [0.2, 0.25) is 0 Å². The minimum atomic E-state index is -0.423. The highest BCUT2D eigenvalue weighted by atomic mass is 32.2. The molecule has 2 amide bonds. The normalized spacial score (nSPS) is 17.2. The molecule has 1 N–H and O–H groups in total. The van der Waals surface area contributed by atoms with Crippen molar-refractivity contribution in [1.29, 1.82) is 0 Å². The smallest absolute Gasteiger partial charge is 0.307 e. The first-order valence-electron chi connectivity index (χ1n) is 6.07. The summed E-state index contributed by atoms with van der Waals surface area (Å²) < 4.78 is 4.95. The van der Waals surface area contributed by atoms with Crippen LogP contribution < -0.4 is 5.43 Å². The Morgan fingerprint density at radius 2 is 2.47 bits per heavy atom. The lowest BCUT2D eigenvalue weighted by Crippen LogP contribution is -2.32. The molecule has 1 aliphatic rings. The second-order valence-corrected chi connectivity index (χ2v) is 4.94. The standard InChI is InChI=1S/C12H15N3O3S/c1-2-3-6-15-10(16)8-19-12(15)14-13-11(17)9-5-4-7-18-9/h4-5,7H,2-3,6,8H2,1H3,(H,13,17)/b14-12+. The quantitative estimate of drug-likeness (QED) is 0.833. The molecule has 0 bridgehead atoms. The monoisotopic (exact) mass is 281 g/mol. The van der Waals surface area contributed by atoms with Gasteiger partial charge in [-0.3, -0.25) is 14.5 Å². The van der Waals surface area contributed by atoms with Gasteiger partial charge in [0.1, 0.15) is 0 Å². The van der Waals surface area contributed by atoms with Crippen molar-refractivity contribution in [3.8, 4) is 0 Å². The van der Waals surface area contributed by atoms with E-state index in [1.165, 1.54) is 18.0 Å². The number of rotatable bonds is 5. The maximum atomic E-state index is 11.7. The lowest BCUT2D eigenvalue weighted by molar-refractivity contribution is -0.124. The first-order valence-corrected chi connectivity index (χ1v) is 7.05. The summed E-state index contributed by atoms with van der Waals surface area (Å²) in [4.78, 5) is 24.9. The third-order valence-corrected chi connectivity index (χ3v) is 3.55. The molecule has 6 nitrogen and oxygen atoms in total. The van der Waals surface area contributed by atoms with Crippen LogP contribution in [0.1, 0.15) is 30.3 Å². The van der Waals surface area contributed by atoms with Gasteiger partial charge in [-0.2, -0.15) is 0 Å². The number of carbonyl (C=O) groups excluding carboxylic acids is 2. The van der Waals surface area contributed by atoms with Gasteiger partial charge >= 0.3 is 5.91 Å². The maximum Gasteiger partial charge on any atom is 0.307 e. The molecule has 19 heavy (non-hydrogen) atoms. The predicted octanol–water partition coefficient (Wildman–Crippen LogP) is 1.66. The van der Waals surface area contributed by atoms with Crippen LogP contribution in [0, 0.1) is 0 Å². The molecule has 7 heteroatoms. The van der Waals surface area contributed by atoms with E-state index in [9.17, 15) is 9.59 Å². The summed E-state index contributed by atoms with van der Waals surface area (Å²) in [5, 5.41) is 4.53. The molecule has 2 heterocycles. The Morgan fingerprint density at radius 3 is 3.16 bits per heavy atom. The number of nitrogens with one attached hydrogen (secondary N) is 1. The van der Waals surface area contributed by atoms with Crippen molar-refractivity contribution in [2.75, 3.05) is 12.3 Å². The van der Waals surface area contributed by atoms with Crippen molar-refractivity contribution >= 4 is 28.7 Å². The van der Waals surface area contributed by atoms with Gasteiger partial charge in [0.25, 0.3) is 0 Å². The van der Waals surface area contributed by atoms with E-state index in [4.69, 9.17) is 4.42 Å². The average Bonchev–Trinajstić information content (AvgIpc) is 3.04. The number of furan rings is 1. The van der Waals surface area contributed by atoms with Gasteiger partial charge in [0.15, 0.2) is 10.9 Å². The lowest BCUT2D eigenvalue weighted by Gasteiger charge is -2.14. The molecule has 1 aliphatic heterocycles. The molecule has 1 aromatic rings. The van der Waals surface area contributed by atoms with Crippen LogP contribution in [0.3, 0.4) is 0 Å². The van der Waals surface area contributed by atoms with Crippen LogP contribution in [-0.2, 0) is 4.79 Å². The molecule has 0 spiro atoms. The van der Waals surface area contributed by atoms with Crippen LogP contribution in [0.15, 0.2) is 27.9 Å². The summed E-state index contributed by atoms with van der Waals surface area (Å²) in [6, 6.07) is 3.18. The largest absolute Gasteiger partial charge is 0.459 e. The topological polar surface area (TPSA) is 74.9 Å². The first kappa shape index (κ1) is 13.7. The highest BCUT2D eigenvalue weighted by molar-refractivity contribution is 8.15. The van der Waals surface area contributed by atoms with Gasteiger partial charge in [-0.15, -0.1) is 5.10 Å². The van der Waals surface area contributed by atoms with Crippen LogP contribution in [0.25, 0.3) is 0 Å². The van der Waals surface area contributed by atoms with E-state index in [1.54, 1.807) is 17.0 Å². The average molecular weight is 281 g/mol. The Labute approximate surface area is 115 Å². The molecular formula is C12H15N3O3S. The first-order chi connectivity index (χ1) is 9.22. The molecule has 0 atom stereocenters. The molecule has 2 rings (SSSR count). The highest BCUT2D eigenvalue weighted by Crippen LogP contribution is 2.19. The van der Waals surface area contributed by atoms with Crippen molar-refractivity contribution in [2.24, 2.45) is 5.10 Å². The van der Waals surface area contributed by atoms with Crippen LogP contribution in [-0.4, -0.2) is 34.2 Å². The fraction of sp³-hybridized carbons (Fsp3) is 0.417. The van der Waals surface area contributed by atoms with E-state index >= 15 is 0 Å². The van der Waals surface area contributed by atoms with E-state index in [0.29, 0.717) is 17.5 Å². The van der Waals surface area contributed by atoms with E-state index < -0.39 is 5.91 Å². The molecule has 0 aliphatic carbocycles. The zero-order valence-electron chi connectivity index (χ0n) is 10.6. The van der Waals surface area contributed by atoms with E-state index in [0.717, 1.165) is 12.8 Å². The summed E-state index contributed by atoms with van der Waals surface area (Å²) >= 11 is 1.33. The van der Waals surface area contributed by atoms with Crippen molar-refractivity contribution in [1.82, 2.24) is 10.3 Å². The number of carbonyl (C=O) groups is 2. The number of unbranched alkanes of at least 4 members (excludes halogenated alkanes) is 1. The number of thioether (sulfide) groups is 1. The van der Waals surface area contributed by atoms with Gasteiger partial charge in [-0.25, -0.2) is 5.43 Å². The Bertz CT molecular complexity index is 484. The summed E-state index contributed by atoms with van der Waals surface area (Å²) in [6.45, 7) is 2.70. The van der Waals surface area contributed by atoms with Crippen LogP contribution >= 0.6 is 11.8 Å². The van der Waals surface area contributed by atoms with Gasteiger partial charge < -0.3 is 4.42 Å². The molecule has 1 saturated heterocycles. The number of amides is 2. The summed E-state index contributed by atoms with van der Waals surface area (Å²) in [7, 11) is 0. The van der Waals surface area contributed by atoms with Crippen molar-refractivity contribution in [2.45, 2.75) is 19.8 Å². The molecule has 0 unspecified atom stereocenters. The minimum Gasteiger partial charge on any atom is -0.459 e. The molecular weight excluding hydrogens is 266 g/mol. The van der Waals surface area contributed by atoms with E-state index in [-0.39, 0.29) is 11.7 Å². The van der Waals surface area contributed by atoms with Crippen molar-refractivity contribution in [3.63, 3.8) is 0 Å².